The fourth-order valence-corrected chi connectivity index (χ4v) is 3.52. The number of piperidine rings is 1. The zero-order chi connectivity index (χ0) is 16.9. The van der Waals surface area contributed by atoms with Crippen LogP contribution in [0.25, 0.3) is 0 Å². The van der Waals surface area contributed by atoms with Crippen LogP contribution in [-0.2, 0) is 14.3 Å². The van der Waals surface area contributed by atoms with Crippen LogP contribution in [0.1, 0.15) is 65.2 Å². The number of likely N-dealkylation sites (tertiary alicyclic amines) is 1. The van der Waals surface area contributed by atoms with Crippen LogP contribution < -0.4 is 5.32 Å². The third-order valence-corrected chi connectivity index (χ3v) is 5.32. The number of ether oxygens (including phenoxy) is 1. The maximum absolute atomic E-state index is 12.5. The molecule has 2 fully saturated rings. The topological polar surface area (TPSA) is 58.6 Å². The van der Waals surface area contributed by atoms with Crippen molar-refractivity contribution in [2.24, 2.45) is 5.92 Å². The van der Waals surface area contributed by atoms with Crippen LogP contribution in [0.15, 0.2) is 0 Å². The number of hydrogen-bond donors (Lipinski definition) is 1. The zero-order valence-corrected chi connectivity index (χ0v) is 14.9. The number of methoxy groups -OCH3 is 1. The quantitative estimate of drug-likeness (QED) is 0.791. The molecule has 2 rings (SSSR count). The molecule has 1 atom stereocenters. The van der Waals surface area contributed by atoms with E-state index in [0.717, 1.165) is 12.8 Å². The van der Waals surface area contributed by atoms with E-state index in [9.17, 15) is 9.59 Å². The van der Waals surface area contributed by atoms with Gasteiger partial charge in [0.15, 0.2) is 0 Å². The summed E-state index contributed by atoms with van der Waals surface area (Å²) < 4.78 is 5.34. The van der Waals surface area contributed by atoms with Gasteiger partial charge in [0.25, 0.3) is 0 Å². The SMILES string of the molecule is COC(C)(C)CNC(=O)[C@H]1CCC(=O)N(C2CCCCCC2)C1. The lowest BCUT2D eigenvalue weighted by atomic mass is 9.93. The maximum atomic E-state index is 12.5. The van der Waals surface area contributed by atoms with Gasteiger partial charge in [-0.2, -0.15) is 0 Å². The molecule has 0 aromatic rings. The molecule has 0 unspecified atom stereocenters. The van der Waals surface area contributed by atoms with Crippen LogP contribution in [0, 0.1) is 5.92 Å². The monoisotopic (exact) mass is 324 g/mol. The fraction of sp³-hybridized carbons (Fsp3) is 0.889. The average Bonchev–Trinajstić information content (AvgIpc) is 2.82. The van der Waals surface area contributed by atoms with E-state index in [0.29, 0.717) is 32.0 Å². The third-order valence-electron chi connectivity index (χ3n) is 5.32. The van der Waals surface area contributed by atoms with E-state index in [1.165, 1.54) is 25.7 Å². The molecule has 0 spiro atoms. The summed E-state index contributed by atoms with van der Waals surface area (Å²) in [7, 11) is 1.65. The minimum absolute atomic E-state index is 0.0567. The largest absolute Gasteiger partial charge is 0.377 e. The highest BCUT2D eigenvalue weighted by Crippen LogP contribution is 2.27. The second kappa shape index (κ2) is 8.13. The van der Waals surface area contributed by atoms with Crippen molar-refractivity contribution in [1.29, 1.82) is 0 Å². The molecule has 0 bridgehead atoms. The lowest BCUT2D eigenvalue weighted by Crippen LogP contribution is -2.51. The lowest BCUT2D eigenvalue weighted by Gasteiger charge is -2.38. The second-order valence-corrected chi connectivity index (χ2v) is 7.61. The van der Waals surface area contributed by atoms with Crippen molar-refractivity contribution in [3.05, 3.63) is 0 Å². The number of carbonyl (C=O) groups is 2. The number of nitrogens with zero attached hydrogens (tertiary/aromatic N) is 1. The van der Waals surface area contributed by atoms with E-state index in [1.54, 1.807) is 7.11 Å². The van der Waals surface area contributed by atoms with Crippen LogP contribution in [0.2, 0.25) is 0 Å². The second-order valence-electron chi connectivity index (χ2n) is 7.61. The van der Waals surface area contributed by atoms with Crippen LogP contribution in [-0.4, -0.2) is 48.6 Å². The first-order chi connectivity index (χ1) is 10.9. The van der Waals surface area contributed by atoms with Gasteiger partial charge in [0, 0.05) is 32.7 Å². The molecule has 1 aliphatic heterocycles. The van der Waals surface area contributed by atoms with Crippen molar-refractivity contribution >= 4 is 11.8 Å². The first-order valence-corrected chi connectivity index (χ1v) is 9.05. The highest BCUT2D eigenvalue weighted by atomic mass is 16.5. The molecule has 1 heterocycles. The Morgan fingerprint density at radius 1 is 1.22 bits per heavy atom. The van der Waals surface area contributed by atoms with Crippen LogP contribution >= 0.6 is 0 Å². The van der Waals surface area contributed by atoms with Gasteiger partial charge >= 0.3 is 0 Å². The van der Waals surface area contributed by atoms with Gasteiger partial charge < -0.3 is 15.0 Å². The third kappa shape index (κ3) is 5.20. The number of nitrogens with one attached hydrogen (secondary N) is 1. The predicted octanol–water partition coefficient (Wildman–Crippen LogP) is 2.49. The van der Waals surface area contributed by atoms with E-state index in [4.69, 9.17) is 4.74 Å². The normalized spacial score (nSPS) is 24.4. The molecular formula is C18H32N2O3. The van der Waals surface area contributed by atoms with E-state index < -0.39 is 0 Å². The predicted molar refractivity (Wildman–Crippen MR) is 90.0 cm³/mol. The Morgan fingerprint density at radius 3 is 2.48 bits per heavy atom. The van der Waals surface area contributed by atoms with Crippen molar-refractivity contribution < 1.29 is 14.3 Å². The van der Waals surface area contributed by atoms with Crippen molar-refractivity contribution in [3.63, 3.8) is 0 Å². The van der Waals surface area contributed by atoms with Crippen LogP contribution in [0.4, 0.5) is 0 Å². The van der Waals surface area contributed by atoms with Crippen molar-refractivity contribution in [3.8, 4) is 0 Å². The highest BCUT2D eigenvalue weighted by molar-refractivity contribution is 5.84. The van der Waals surface area contributed by atoms with E-state index >= 15 is 0 Å². The Bertz CT molecular complexity index is 414. The smallest absolute Gasteiger partial charge is 0.225 e. The van der Waals surface area contributed by atoms with Gasteiger partial charge in [-0.05, 0) is 33.1 Å². The summed E-state index contributed by atoms with van der Waals surface area (Å²) in [6.45, 7) is 4.99. The Hall–Kier alpha value is -1.10. The Kier molecular flexibility index (Phi) is 6.45. The van der Waals surface area contributed by atoms with Crippen LogP contribution in [0.5, 0.6) is 0 Å². The average molecular weight is 324 g/mol. The molecule has 5 heteroatoms. The summed E-state index contributed by atoms with van der Waals surface area (Å²) in [4.78, 5) is 26.8. The van der Waals surface area contributed by atoms with E-state index in [1.807, 2.05) is 18.7 Å². The van der Waals surface area contributed by atoms with E-state index in [-0.39, 0.29) is 23.3 Å². The molecule has 0 radical (unpaired) electrons. The highest BCUT2D eigenvalue weighted by Gasteiger charge is 2.34. The number of amides is 2. The lowest BCUT2D eigenvalue weighted by molar-refractivity contribution is -0.141. The summed E-state index contributed by atoms with van der Waals surface area (Å²) in [5.41, 5.74) is -0.360. The standard InChI is InChI=1S/C18H32N2O3/c1-18(2,23-3)13-19-17(22)14-10-11-16(21)20(12-14)15-8-6-4-5-7-9-15/h14-15H,4-13H2,1-3H3,(H,19,22)/t14-/m0/s1. The molecule has 2 aliphatic rings. The summed E-state index contributed by atoms with van der Waals surface area (Å²) >= 11 is 0. The summed E-state index contributed by atoms with van der Waals surface area (Å²) in [5, 5.41) is 2.99. The van der Waals surface area contributed by atoms with Crippen LogP contribution in [0.3, 0.4) is 0 Å². The molecule has 132 valence electrons. The summed E-state index contributed by atoms with van der Waals surface area (Å²) in [6.07, 6.45) is 8.31. The van der Waals surface area contributed by atoms with Gasteiger partial charge in [-0.25, -0.2) is 0 Å². The van der Waals surface area contributed by atoms with Gasteiger partial charge in [-0.15, -0.1) is 0 Å². The molecular weight excluding hydrogens is 292 g/mol. The molecule has 0 aromatic carbocycles. The molecule has 23 heavy (non-hydrogen) atoms. The van der Waals surface area contributed by atoms with E-state index in [2.05, 4.69) is 5.32 Å². The molecule has 5 nitrogen and oxygen atoms in total. The van der Waals surface area contributed by atoms with Gasteiger partial charge in [-0.3, -0.25) is 9.59 Å². The zero-order valence-electron chi connectivity index (χ0n) is 14.9. The van der Waals surface area contributed by atoms with Crippen molar-refractivity contribution in [1.82, 2.24) is 10.2 Å². The van der Waals surface area contributed by atoms with Gasteiger partial charge in [0.05, 0.1) is 11.5 Å². The number of carbonyl (C=O) groups excluding carboxylic acids is 2. The Labute approximate surface area is 140 Å². The fourth-order valence-electron chi connectivity index (χ4n) is 3.52. The Balaban J connectivity index is 1.91. The van der Waals surface area contributed by atoms with Crippen molar-refractivity contribution in [2.75, 3.05) is 20.2 Å². The minimum atomic E-state index is -0.360. The number of rotatable bonds is 5. The molecule has 1 saturated carbocycles. The molecule has 1 saturated heterocycles. The molecule has 1 N–H and O–H groups in total. The Morgan fingerprint density at radius 2 is 1.87 bits per heavy atom. The first-order valence-electron chi connectivity index (χ1n) is 9.05. The molecule has 1 aliphatic carbocycles. The van der Waals surface area contributed by atoms with Gasteiger partial charge in [-0.1, -0.05) is 25.7 Å². The van der Waals surface area contributed by atoms with Gasteiger partial charge in [0.1, 0.15) is 0 Å². The maximum Gasteiger partial charge on any atom is 0.225 e. The van der Waals surface area contributed by atoms with Gasteiger partial charge in [0.2, 0.25) is 11.8 Å². The van der Waals surface area contributed by atoms with Crippen molar-refractivity contribution in [2.45, 2.75) is 76.9 Å². The molecule has 2 amide bonds. The molecule has 0 aromatic heterocycles. The number of hydrogen-bond acceptors (Lipinski definition) is 3. The minimum Gasteiger partial charge on any atom is -0.377 e. The summed E-state index contributed by atoms with van der Waals surface area (Å²) in [5.74, 6) is 0.211. The first kappa shape index (κ1) is 18.2. The summed E-state index contributed by atoms with van der Waals surface area (Å²) in [6, 6.07) is 0.344.